The average molecular weight is 500 g/mol. The van der Waals surface area contributed by atoms with E-state index in [-0.39, 0.29) is 0 Å². The zero-order valence-corrected chi connectivity index (χ0v) is 23.4. The fourth-order valence-corrected chi connectivity index (χ4v) is 4.80. The van der Waals surface area contributed by atoms with Gasteiger partial charge in [0.05, 0.1) is 26.2 Å². The number of hydrogen-bond donors (Lipinski definition) is 0. The Labute approximate surface area is 214 Å². The number of likely N-dealkylation sites (N-methyl/N-ethyl adjacent to an activating group) is 1. The van der Waals surface area contributed by atoms with E-state index in [0.29, 0.717) is 6.54 Å². The molecule has 3 nitrogen and oxygen atoms in total. The first kappa shape index (κ1) is 32.0. The highest BCUT2D eigenvalue weighted by atomic mass is 19.4. The maximum atomic E-state index is 12.6. The molecule has 0 aliphatic carbocycles. The Bertz CT molecular complexity index is 624. The Morgan fingerprint density at radius 3 is 1.60 bits per heavy atom. The van der Waals surface area contributed by atoms with Crippen LogP contribution >= 0.6 is 0 Å². The van der Waals surface area contributed by atoms with E-state index in [9.17, 15) is 12.9 Å². The summed E-state index contributed by atoms with van der Waals surface area (Å²) in [4.78, 5) is 4.42. The smallest absolute Gasteiger partial charge is 0.445 e. The van der Waals surface area contributed by atoms with Gasteiger partial charge in [-0.3, -0.25) is 4.90 Å². The minimum Gasteiger partial charge on any atom is -0.445 e. The second-order valence-electron chi connectivity index (χ2n) is 10.5. The second kappa shape index (κ2) is 17.4. The molecule has 0 aromatic heterocycles. The SMILES string of the molecule is CCCC[N+](CCCC)(CCCC)CCCC.CN1CCN(Cc2cccc([B-](F)(F)F)c2)CC1. The number of hydrogen-bond acceptors (Lipinski definition) is 2. The van der Waals surface area contributed by atoms with Gasteiger partial charge in [0.15, 0.2) is 0 Å². The maximum absolute atomic E-state index is 12.6. The van der Waals surface area contributed by atoms with Gasteiger partial charge >= 0.3 is 6.98 Å². The molecule has 2 rings (SSSR count). The van der Waals surface area contributed by atoms with Crippen molar-refractivity contribution in [2.45, 2.75) is 85.6 Å². The third kappa shape index (κ3) is 13.2. The van der Waals surface area contributed by atoms with Crippen LogP contribution in [0.5, 0.6) is 0 Å². The van der Waals surface area contributed by atoms with E-state index in [1.54, 1.807) is 6.07 Å². The number of quaternary nitrogens is 1. The summed E-state index contributed by atoms with van der Waals surface area (Å²) in [5.74, 6) is 0. The van der Waals surface area contributed by atoms with Crippen LogP contribution in [0, 0.1) is 0 Å². The van der Waals surface area contributed by atoms with E-state index in [1.165, 1.54) is 94.2 Å². The van der Waals surface area contributed by atoms with Crippen molar-refractivity contribution < 1.29 is 17.4 Å². The van der Waals surface area contributed by atoms with E-state index in [2.05, 4.69) is 44.5 Å². The molecule has 0 N–H and O–H groups in total. The molecule has 0 spiro atoms. The van der Waals surface area contributed by atoms with Crippen molar-refractivity contribution in [3.63, 3.8) is 0 Å². The zero-order chi connectivity index (χ0) is 26.2. The van der Waals surface area contributed by atoms with Crippen LogP contribution in [-0.4, -0.2) is 80.7 Å². The average Bonchev–Trinajstić information content (AvgIpc) is 2.85. The fourth-order valence-electron chi connectivity index (χ4n) is 4.80. The summed E-state index contributed by atoms with van der Waals surface area (Å²) in [6, 6.07) is 5.69. The van der Waals surface area contributed by atoms with Crippen molar-refractivity contribution in [2.24, 2.45) is 0 Å². The fraction of sp³-hybridized carbons (Fsp3) is 0.786. The second-order valence-corrected chi connectivity index (χ2v) is 10.5. The summed E-state index contributed by atoms with van der Waals surface area (Å²) >= 11 is 0. The monoisotopic (exact) mass is 499 g/mol. The Morgan fingerprint density at radius 1 is 0.743 bits per heavy atom. The van der Waals surface area contributed by atoms with Gasteiger partial charge in [0.2, 0.25) is 0 Å². The van der Waals surface area contributed by atoms with E-state index in [4.69, 9.17) is 0 Å². The maximum Gasteiger partial charge on any atom is 0.509 e. The quantitative estimate of drug-likeness (QED) is 0.201. The molecule has 1 aliphatic heterocycles. The topological polar surface area (TPSA) is 6.48 Å². The highest BCUT2D eigenvalue weighted by Gasteiger charge is 2.26. The van der Waals surface area contributed by atoms with Gasteiger partial charge < -0.3 is 22.3 Å². The first-order chi connectivity index (χ1) is 16.7. The van der Waals surface area contributed by atoms with E-state index in [0.717, 1.165) is 37.8 Å². The number of benzene rings is 1. The third-order valence-electron chi connectivity index (χ3n) is 7.28. The van der Waals surface area contributed by atoms with Crippen molar-refractivity contribution >= 4 is 12.4 Å². The number of piperazine rings is 1. The molecule has 1 fully saturated rings. The summed E-state index contributed by atoms with van der Waals surface area (Å²) in [5, 5.41) is 0. The number of halogens is 3. The van der Waals surface area contributed by atoms with E-state index >= 15 is 0 Å². The lowest BCUT2D eigenvalue weighted by Crippen LogP contribution is -2.50. The first-order valence-corrected chi connectivity index (χ1v) is 14.2. The molecular weight excluding hydrogens is 446 g/mol. The molecule has 0 bridgehead atoms. The van der Waals surface area contributed by atoms with Gasteiger partial charge in [-0.2, -0.15) is 0 Å². The Morgan fingerprint density at radius 2 is 1.20 bits per heavy atom. The van der Waals surface area contributed by atoms with Crippen LogP contribution in [0.25, 0.3) is 0 Å². The predicted octanol–water partition coefficient (Wildman–Crippen LogP) is 6.49. The minimum atomic E-state index is -4.89. The predicted molar refractivity (Wildman–Crippen MR) is 147 cm³/mol. The Hall–Kier alpha value is -1.05. The number of rotatable bonds is 15. The van der Waals surface area contributed by atoms with Gasteiger partial charge in [0.1, 0.15) is 0 Å². The summed E-state index contributed by atoms with van der Waals surface area (Å²) in [6.45, 7) is 14.5. The van der Waals surface area contributed by atoms with Crippen molar-refractivity contribution in [1.82, 2.24) is 9.80 Å². The standard InChI is InChI=1S/C16H36N.C12H17BF3N2/c1-5-9-13-17(14-10-6-2,15-11-7-3)16-12-8-4;1-17-5-7-18(8-6-17)10-11-3-2-4-12(9-11)13(14,15)16/h5-16H2,1-4H3;2-4,9H,5-8,10H2,1H3/q+1;-1. The first-order valence-electron chi connectivity index (χ1n) is 14.2. The number of nitrogens with zero attached hydrogens (tertiary/aromatic N) is 3. The molecule has 1 heterocycles. The largest absolute Gasteiger partial charge is 0.509 e. The van der Waals surface area contributed by atoms with Gasteiger partial charge in [0.25, 0.3) is 0 Å². The molecule has 0 saturated carbocycles. The molecule has 0 unspecified atom stereocenters. The van der Waals surface area contributed by atoms with Crippen LogP contribution in [0.2, 0.25) is 0 Å². The van der Waals surface area contributed by atoms with Crippen molar-refractivity contribution in [3.8, 4) is 0 Å². The van der Waals surface area contributed by atoms with Crippen LogP contribution in [0.15, 0.2) is 24.3 Å². The van der Waals surface area contributed by atoms with Crippen LogP contribution in [0.3, 0.4) is 0 Å². The van der Waals surface area contributed by atoms with E-state index < -0.39 is 12.4 Å². The Balaban J connectivity index is 0.000000351. The minimum absolute atomic E-state index is 0.498. The highest BCUT2D eigenvalue weighted by molar-refractivity contribution is 6.73. The summed E-state index contributed by atoms with van der Waals surface area (Å²) in [6.07, 6.45) is 11.1. The molecule has 1 saturated heterocycles. The molecule has 7 heteroatoms. The molecule has 1 aliphatic rings. The lowest BCUT2D eigenvalue weighted by atomic mass is 9.79. The molecule has 204 valence electrons. The van der Waals surface area contributed by atoms with Gasteiger partial charge in [-0.05, 0) is 38.3 Å². The van der Waals surface area contributed by atoms with Crippen LogP contribution in [0.4, 0.5) is 12.9 Å². The van der Waals surface area contributed by atoms with Gasteiger partial charge in [-0.1, -0.05) is 77.6 Å². The van der Waals surface area contributed by atoms with Gasteiger partial charge in [0, 0.05) is 32.7 Å². The van der Waals surface area contributed by atoms with Gasteiger partial charge in [-0.25, -0.2) is 0 Å². The van der Waals surface area contributed by atoms with Crippen molar-refractivity contribution in [1.29, 1.82) is 0 Å². The molecule has 1 aromatic rings. The molecule has 0 atom stereocenters. The lowest BCUT2D eigenvalue weighted by molar-refractivity contribution is -0.929. The van der Waals surface area contributed by atoms with Crippen molar-refractivity contribution in [3.05, 3.63) is 29.8 Å². The summed E-state index contributed by atoms with van der Waals surface area (Å²) in [7, 11) is 2.06. The lowest BCUT2D eigenvalue weighted by Gasteiger charge is -2.39. The molecule has 1 aromatic carbocycles. The molecule has 0 radical (unpaired) electrons. The van der Waals surface area contributed by atoms with Crippen molar-refractivity contribution in [2.75, 3.05) is 59.4 Å². The third-order valence-corrected chi connectivity index (χ3v) is 7.28. The van der Waals surface area contributed by atoms with Crippen LogP contribution in [-0.2, 0) is 6.54 Å². The normalized spacial score (nSPS) is 15.7. The van der Waals surface area contributed by atoms with E-state index in [1.807, 2.05) is 0 Å². The molecule has 0 amide bonds. The summed E-state index contributed by atoms with van der Waals surface area (Å²) < 4.78 is 39.3. The molecular formula is C28H53BF3N3. The summed E-state index contributed by atoms with van der Waals surface area (Å²) in [5.41, 5.74) is 0.248. The molecule has 35 heavy (non-hydrogen) atoms. The highest BCUT2D eigenvalue weighted by Crippen LogP contribution is 2.16. The number of unbranched alkanes of at least 4 members (excludes halogenated alkanes) is 4. The van der Waals surface area contributed by atoms with Crippen LogP contribution < -0.4 is 5.46 Å². The van der Waals surface area contributed by atoms with Gasteiger partial charge in [-0.15, -0.1) is 5.46 Å². The Kier molecular flexibility index (Phi) is 15.9. The zero-order valence-electron chi connectivity index (χ0n) is 23.4. The van der Waals surface area contributed by atoms with Crippen LogP contribution in [0.1, 0.15) is 84.6 Å².